The Morgan fingerprint density at radius 1 is 1.30 bits per heavy atom. The third-order valence-electron chi connectivity index (χ3n) is 3.74. The van der Waals surface area contributed by atoms with E-state index in [2.05, 4.69) is 4.90 Å². The number of hydrogen-bond donors (Lipinski definition) is 1. The van der Waals surface area contributed by atoms with E-state index in [0.29, 0.717) is 19.6 Å². The molecule has 5 heteroatoms. The predicted octanol–water partition coefficient (Wildman–Crippen LogP) is 0.754. The fraction of sp³-hybridized carbons (Fsp3) is 0.533. The summed E-state index contributed by atoms with van der Waals surface area (Å²) in [7, 11) is 1.62. The highest BCUT2D eigenvalue weighted by molar-refractivity contribution is 5.95. The van der Waals surface area contributed by atoms with Gasteiger partial charge in [0.1, 0.15) is 5.75 Å². The van der Waals surface area contributed by atoms with Gasteiger partial charge in [0.15, 0.2) is 0 Å². The molecule has 0 bridgehead atoms. The van der Waals surface area contributed by atoms with Gasteiger partial charge in [-0.25, -0.2) is 0 Å². The van der Waals surface area contributed by atoms with E-state index in [1.54, 1.807) is 7.11 Å². The van der Waals surface area contributed by atoms with E-state index in [9.17, 15) is 4.79 Å². The van der Waals surface area contributed by atoms with Crippen molar-refractivity contribution >= 4 is 5.91 Å². The number of aliphatic hydroxyl groups excluding tert-OH is 1. The Morgan fingerprint density at radius 2 is 2.00 bits per heavy atom. The van der Waals surface area contributed by atoms with Crippen LogP contribution in [0.1, 0.15) is 15.9 Å². The molecule has 0 spiro atoms. The summed E-state index contributed by atoms with van der Waals surface area (Å²) in [6.45, 7) is 5.85. The number of carbonyl (C=O) groups excluding carboxylic acids is 1. The number of methoxy groups -OCH3 is 1. The summed E-state index contributed by atoms with van der Waals surface area (Å²) in [5, 5.41) is 8.92. The predicted molar refractivity (Wildman–Crippen MR) is 77.2 cm³/mol. The molecule has 1 aliphatic heterocycles. The molecular formula is C15H22N2O3. The molecule has 1 aromatic rings. The average Bonchev–Trinajstić information content (AvgIpc) is 2.47. The van der Waals surface area contributed by atoms with Crippen molar-refractivity contribution in [3.8, 4) is 5.75 Å². The molecule has 0 atom stereocenters. The van der Waals surface area contributed by atoms with Crippen molar-refractivity contribution in [1.82, 2.24) is 9.80 Å². The number of nitrogens with zero attached hydrogens (tertiary/aromatic N) is 2. The summed E-state index contributed by atoms with van der Waals surface area (Å²) >= 11 is 0. The minimum absolute atomic E-state index is 0.0776. The van der Waals surface area contributed by atoms with Crippen LogP contribution in [0.2, 0.25) is 0 Å². The highest BCUT2D eigenvalue weighted by Gasteiger charge is 2.22. The van der Waals surface area contributed by atoms with Crippen LogP contribution in [0.4, 0.5) is 0 Å². The van der Waals surface area contributed by atoms with E-state index in [0.717, 1.165) is 30.0 Å². The Bertz CT molecular complexity index is 468. The van der Waals surface area contributed by atoms with Crippen LogP contribution in [-0.2, 0) is 0 Å². The lowest BCUT2D eigenvalue weighted by atomic mass is 10.1. The van der Waals surface area contributed by atoms with E-state index in [1.807, 2.05) is 30.0 Å². The summed E-state index contributed by atoms with van der Waals surface area (Å²) in [5.74, 6) is 0.848. The van der Waals surface area contributed by atoms with Gasteiger partial charge in [-0.2, -0.15) is 0 Å². The normalized spacial score (nSPS) is 16.2. The summed E-state index contributed by atoms with van der Waals surface area (Å²) in [6, 6.07) is 5.54. The van der Waals surface area contributed by atoms with Crippen LogP contribution in [0.25, 0.3) is 0 Å². The number of ether oxygens (including phenoxy) is 1. The summed E-state index contributed by atoms with van der Waals surface area (Å²) in [5.41, 5.74) is 1.67. The molecule has 5 nitrogen and oxygen atoms in total. The standard InChI is InChI=1S/C15H22N2O3/c1-12-11-13(20-2)3-4-14(12)15(19)17-7-5-16(6-8-17)9-10-18/h3-4,11,18H,5-10H2,1-2H3. The zero-order valence-corrected chi connectivity index (χ0v) is 12.1. The number of carbonyl (C=O) groups is 1. The van der Waals surface area contributed by atoms with Crippen LogP contribution in [0.5, 0.6) is 5.75 Å². The lowest BCUT2D eigenvalue weighted by Crippen LogP contribution is -2.49. The Balaban J connectivity index is 2.02. The first kappa shape index (κ1) is 14.8. The first-order valence-corrected chi connectivity index (χ1v) is 6.93. The number of rotatable bonds is 4. The zero-order chi connectivity index (χ0) is 14.5. The molecule has 20 heavy (non-hydrogen) atoms. The minimum Gasteiger partial charge on any atom is -0.497 e. The Kier molecular flexibility index (Phi) is 4.98. The van der Waals surface area contributed by atoms with E-state index in [4.69, 9.17) is 9.84 Å². The molecular weight excluding hydrogens is 256 g/mol. The largest absolute Gasteiger partial charge is 0.497 e. The number of β-amino-alcohol motifs (C(OH)–C–C–N with tert-alkyl or cyclic N) is 1. The number of benzene rings is 1. The second-order valence-corrected chi connectivity index (χ2v) is 5.04. The molecule has 0 saturated carbocycles. The fourth-order valence-electron chi connectivity index (χ4n) is 2.49. The number of piperazine rings is 1. The van der Waals surface area contributed by atoms with Crippen molar-refractivity contribution in [2.45, 2.75) is 6.92 Å². The molecule has 1 saturated heterocycles. The molecule has 0 aliphatic carbocycles. The molecule has 1 N–H and O–H groups in total. The minimum atomic E-state index is 0.0776. The van der Waals surface area contributed by atoms with Crippen LogP contribution in [-0.4, -0.2) is 67.3 Å². The van der Waals surface area contributed by atoms with E-state index >= 15 is 0 Å². The van der Waals surface area contributed by atoms with Crippen molar-refractivity contribution in [1.29, 1.82) is 0 Å². The third-order valence-corrected chi connectivity index (χ3v) is 3.74. The van der Waals surface area contributed by atoms with Gasteiger partial charge in [-0.05, 0) is 30.7 Å². The molecule has 1 aliphatic rings. The van der Waals surface area contributed by atoms with E-state index < -0.39 is 0 Å². The number of aryl methyl sites for hydroxylation is 1. The van der Waals surface area contributed by atoms with Crippen LogP contribution >= 0.6 is 0 Å². The quantitative estimate of drug-likeness (QED) is 0.883. The average molecular weight is 278 g/mol. The molecule has 110 valence electrons. The molecule has 1 heterocycles. The SMILES string of the molecule is COc1ccc(C(=O)N2CCN(CCO)CC2)c(C)c1. The summed E-state index contributed by atoms with van der Waals surface area (Å²) in [4.78, 5) is 16.6. The van der Waals surface area contributed by atoms with Gasteiger partial charge in [0.05, 0.1) is 13.7 Å². The van der Waals surface area contributed by atoms with Gasteiger partial charge in [0.25, 0.3) is 5.91 Å². The number of amides is 1. The maximum absolute atomic E-state index is 12.5. The summed E-state index contributed by atoms with van der Waals surface area (Å²) < 4.78 is 5.16. The van der Waals surface area contributed by atoms with Crippen LogP contribution < -0.4 is 4.74 Å². The van der Waals surface area contributed by atoms with Gasteiger partial charge in [-0.3, -0.25) is 9.69 Å². The van der Waals surface area contributed by atoms with Crippen molar-refractivity contribution in [2.75, 3.05) is 46.4 Å². The first-order chi connectivity index (χ1) is 9.65. The molecule has 1 fully saturated rings. The first-order valence-electron chi connectivity index (χ1n) is 6.93. The smallest absolute Gasteiger partial charge is 0.254 e. The van der Waals surface area contributed by atoms with Crippen LogP contribution in [0.15, 0.2) is 18.2 Å². The van der Waals surface area contributed by atoms with Gasteiger partial charge in [-0.15, -0.1) is 0 Å². The Hall–Kier alpha value is -1.59. The van der Waals surface area contributed by atoms with Crippen LogP contribution in [0.3, 0.4) is 0 Å². The molecule has 0 radical (unpaired) electrons. The monoisotopic (exact) mass is 278 g/mol. The molecule has 1 aromatic carbocycles. The number of aliphatic hydroxyl groups is 1. The van der Waals surface area contributed by atoms with Crippen molar-refractivity contribution in [2.24, 2.45) is 0 Å². The molecule has 0 unspecified atom stereocenters. The van der Waals surface area contributed by atoms with Gasteiger partial charge in [0.2, 0.25) is 0 Å². The van der Waals surface area contributed by atoms with Gasteiger partial charge in [-0.1, -0.05) is 0 Å². The Morgan fingerprint density at radius 3 is 2.55 bits per heavy atom. The maximum Gasteiger partial charge on any atom is 0.254 e. The van der Waals surface area contributed by atoms with Crippen molar-refractivity contribution < 1.29 is 14.6 Å². The highest BCUT2D eigenvalue weighted by atomic mass is 16.5. The second-order valence-electron chi connectivity index (χ2n) is 5.04. The molecule has 0 aromatic heterocycles. The van der Waals surface area contributed by atoms with Gasteiger partial charge >= 0.3 is 0 Å². The van der Waals surface area contributed by atoms with Gasteiger partial charge < -0.3 is 14.7 Å². The van der Waals surface area contributed by atoms with E-state index in [1.165, 1.54) is 0 Å². The highest BCUT2D eigenvalue weighted by Crippen LogP contribution is 2.19. The number of hydrogen-bond acceptors (Lipinski definition) is 4. The van der Waals surface area contributed by atoms with Crippen molar-refractivity contribution in [3.63, 3.8) is 0 Å². The van der Waals surface area contributed by atoms with Crippen molar-refractivity contribution in [3.05, 3.63) is 29.3 Å². The maximum atomic E-state index is 12.5. The molecule has 2 rings (SSSR count). The second kappa shape index (κ2) is 6.72. The summed E-state index contributed by atoms with van der Waals surface area (Å²) in [6.07, 6.45) is 0. The Labute approximate surface area is 119 Å². The van der Waals surface area contributed by atoms with E-state index in [-0.39, 0.29) is 12.5 Å². The zero-order valence-electron chi connectivity index (χ0n) is 12.1. The van der Waals surface area contributed by atoms with Gasteiger partial charge in [0, 0.05) is 38.3 Å². The fourth-order valence-corrected chi connectivity index (χ4v) is 2.49. The topological polar surface area (TPSA) is 53.0 Å². The van der Waals surface area contributed by atoms with Crippen LogP contribution in [0, 0.1) is 6.92 Å². The lowest BCUT2D eigenvalue weighted by Gasteiger charge is -2.34. The third kappa shape index (κ3) is 3.29. The lowest BCUT2D eigenvalue weighted by molar-refractivity contribution is 0.0614. The molecule has 1 amide bonds.